The van der Waals surface area contributed by atoms with E-state index in [1.165, 1.54) is 6.07 Å². The van der Waals surface area contributed by atoms with E-state index in [0.29, 0.717) is 10.8 Å². The summed E-state index contributed by atoms with van der Waals surface area (Å²) in [5.41, 5.74) is -4.80. The molecule has 1 aliphatic rings. The highest BCUT2D eigenvalue weighted by Crippen LogP contribution is 2.38. The third-order valence-corrected chi connectivity index (χ3v) is 11.3. The maximum absolute atomic E-state index is 13.8. The number of hydrogen-bond donors (Lipinski definition) is 0. The lowest BCUT2D eigenvalue weighted by molar-refractivity contribution is -0.139. The van der Waals surface area contributed by atoms with E-state index in [-0.39, 0.29) is 29.2 Å². The van der Waals surface area contributed by atoms with Crippen LogP contribution in [0.4, 0.5) is 13.2 Å². The number of alkyl halides is 3. The largest absolute Gasteiger partial charge is 0.459 e. The summed E-state index contributed by atoms with van der Waals surface area (Å²) in [6.45, 7) is 12.0. The first-order valence-electron chi connectivity index (χ1n) is 11.9. The molecule has 208 valence electrons. The van der Waals surface area contributed by atoms with Crippen molar-refractivity contribution in [2.24, 2.45) is 0 Å². The van der Waals surface area contributed by atoms with E-state index < -0.39 is 61.4 Å². The first-order chi connectivity index (χ1) is 17.6. The quantitative estimate of drug-likeness (QED) is 0.375. The van der Waals surface area contributed by atoms with Gasteiger partial charge in [-0.25, -0.2) is 4.79 Å². The minimum absolute atomic E-state index is 0.0347. The molecule has 3 rings (SSSR count). The number of ether oxygens (including phenoxy) is 2. The van der Waals surface area contributed by atoms with E-state index in [4.69, 9.17) is 18.3 Å². The topological polar surface area (TPSA) is 102 Å². The molecule has 0 aliphatic carbocycles. The minimum atomic E-state index is -5.15. The summed E-state index contributed by atoms with van der Waals surface area (Å²) in [5, 5.41) is -0.116. The van der Waals surface area contributed by atoms with E-state index in [9.17, 15) is 27.6 Å². The third-order valence-electron chi connectivity index (χ3n) is 6.81. The summed E-state index contributed by atoms with van der Waals surface area (Å²) in [6.07, 6.45) is -6.40. The SMILES string of the molecule is CC#CCO[C@H]1C[C@H](n2cc(C(F)(F)F)c(=O)n(C(=O)c3ccco3)c2=O)O[C@@H]1CO[Si](C)(C)C(C)(C)C. The van der Waals surface area contributed by atoms with Crippen molar-refractivity contribution in [1.82, 2.24) is 9.13 Å². The van der Waals surface area contributed by atoms with Crippen LogP contribution in [-0.4, -0.2) is 48.8 Å². The van der Waals surface area contributed by atoms with Gasteiger partial charge in [-0.2, -0.15) is 17.7 Å². The zero-order valence-corrected chi connectivity index (χ0v) is 23.0. The number of nitrogens with zero attached hydrogens (tertiary/aromatic N) is 2. The van der Waals surface area contributed by atoms with Crippen molar-refractivity contribution in [2.45, 2.75) is 76.9 Å². The van der Waals surface area contributed by atoms with Crippen LogP contribution in [0, 0.1) is 11.8 Å². The second kappa shape index (κ2) is 11.1. The van der Waals surface area contributed by atoms with E-state index in [2.05, 4.69) is 32.6 Å². The van der Waals surface area contributed by atoms with Gasteiger partial charge in [0.25, 0.3) is 5.56 Å². The first-order valence-corrected chi connectivity index (χ1v) is 14.8. The number of furan rings is 1. The molecule has 0 spiro atoms. The molecular weight excluding hydrogens is 525 g/mol. The van der Waals surface area contributed by atoms with Crippen LogP contribution in [-0.2, 0) is 20.1 Å². The Bertz CT molecular complexity index is 1330. The molecule has 2 aromatic heterocycles. The molecular formula is C25H31F3N2O7Si. The molecule has 0 N–H and O–H groups in total. The standard InChI is InChI=1S/C25H31F3N2O7Si/c1-7-8-11-35-18-13-20(37-19(18)15-36-38(5,6)24(2,3)4)29-14-16(25(26,27)28)21(31)30(23(29)33)22(32)17-10-9-12-34-17/h9-10,12,14,18-20H,11,13,15H2,1-6H3/t18-,19+,20+/m0/s1. The van der Waals surface area contributed by atoms with Crippen molar-refractivity contribution in [3.63, 3.8) is 0 Å². The maximum Gasteiger partial charge on any atom is 0.423 e. The van der Waals surface area contributed by atoms with Gasteiger partial charge in [-0.05, 0) is 37.2 Å². The molecule has 13 heteroatoms. The molecule has 0 saturated carbocycles. The average Bonchev–Trinajstić information content (AvgIpc) is 3.47. The van der Waals surface area contributed by atoms with Crippen LogP contribution in [0.25, 0.3) is 0 Å². The highest BCUT2D eigenvalue weighted by atomic mass is 28.4. The van der Waals surface area contributed by atoms with Gasteiger partial charge >= 0.3 is 17.8 Å². The number of rotatable bonds is 7. The molecule has 1 aliphatic heterocycles. The summed E-state index contributed by atoms with van der Waals surface area (Å²) >= 11 is 0. The normalized spacial score (nSPS) is 20.3. The van der Waals surface area contributed by atoms with Crippen LogP contribution in [0.1, 0.15) is 56.5 Å². The average molecular weight is 557 g/mol. The van der Waals surface area contributed by atoms with Crippen molar-refractivity contribution < 1.29 is 36.3 Å². The first kappa shape index (κ1) is 29.6. The predicted octanol–water partition coefficient (Wildman–Crippen LogP) is 4.03. The summed E-state index contributed by atoms with van der Waals surface area (Å²) < 4.78 is 64.8. The van der Waals surface area contributed by atoms with Gasteiger partial charge in [0.2, 0.25) is 0 Å². The lowest BCUT2D eigenvalue weighted by atomic mass is 10.2. The predicted molar refractivity (Wildman–Crippen MR) is 133 cm³/mol. The number of halogens is 3. The van der Waals surface area contributed by atoms with Gasteiger partial charge in [0.1, 0.15) is 24.5 Å². The number of carbonyl (C=O) groups is 1. The second-order valence-electron chi connectivity index (χ2n) is 10.4. The molecule has 0 radical (unpaired) electrons. The van der Waals surface area contributed by atoms with Crippen molar-refractivity contribution >= 4 is 14.2 Å². The summed E-state index contributed by atoms with van der Waals surface area (Å²) in [7, 11) is -2.23. The molecule has 3 atom stereocenters. The van der Waals surface area contributed by atoms with Crippen LogP contribution < -0.4 is 11.2 Å². The van der Waals surface area contributed by atoms with E-state index in [1.54, 1.807) is 6.92 Å². The molecule has 1 saturated heterocycles. The van der Waals surface area contributed by atoms with Crippen LogP contribution in [0.3, 0.4) is 0 Å². The zero-order valence-electron chi connectivity index (χ0n) is 22.0. The van der Waals surface area contributed by atoms with Crippen molar-refractivity contribution in [3.8, 4) is 11.8 Å². The van der Waals surface area contributed by atoms with Crippen molar-refractivity contribution in [3.05, 3.63) is 56.8 Å². The Morgan fingerprint density at radius 3 is 2.47 bits per heavy atom. The molecule has 2 aromatic rings. The molecule has 3 heterocycles. The van der Waals surface area contributed by atoms with Gasteiger partial charge in [-0.1, -0.05) is 26.7 Å². The smallest absolute Gasteiger partial charge is 0.423 e. The summed E-state index contributed by atoms with van der Waals surface area (Å²) in [5.74, 6) is 3.65. The minimum Gasteiger partial charge on any atom is -0.459 e. The van der Waals surface area contributed by atoms with Crippen molar-refractivity contribution in [2.75, 3.05) is 13.2 Å². The van der Waals surface area contributed by atoms with Crippen LogP contribution >= 0.6 is 0 Å². The third kappa shape index (κ3) is 6.20. The van der Waals surface area contributed by atoms with Gasteiger partial charge in [0, 0.05) is 12.6 Å². The molecule has 0 unspecified atom stereocenters. The molecule has 0 bridgehead atoms. The fourth-order valence-electron chi connectivity index (χ4n) is 3.59. The highest BCUT2D eigenvalue weighted by molar-refractivity contribution is 6.74. The number of carbonyl (C=O) groups excluding carboxylic acids is 1. The highest BCUT2D eigenvalue weighted by Gasteiger charge is 2.44. The Kier molecular flexibility index (Phi) is 8.62. The van der Waals surface area contributed by atoms with E-state index in [0.717, 1.165) is 12.3 Å². The fourth-order valence-corrected chi connectivity index (χ4v) is 4.60. The van der Waals surface area contributed by atoms with Gasteiger partial charge < -0.3 is 18.3 Å². The van der Waals surface area contributed by atoms with Crippen molar-refractivity contribution in [1.29, 1.82) is 0 Å². The van der Waals surface area contributed by atoms with Crippen LogP contribution in [0.15, 0.2) is 38.6 Å². The molecule has 1 fully saturated rings. The monoisotopic (exact) mass is 556 g/mol. The van der Waals surface area contributed by atoms with E-state index in [1.807, 2.05) is 13.1 Å². The number of hydrogen-bond acceptors (Lipinski definition) is 7. The van der Waals surface area contributed by atoms with Gasteiger partial charge in [-0.3, -0.25) is 14.2 Å². The van der Waals surface area contributed by atoms with Gasteiger partial charge in [0.15, 0.2) is 14.1 Å². The molecule has 0 amide bonds. The van der Waals surface area contributed by atoms with E-state index >= 15 is 0 Å². The Morgan fingerprint density at radius 1 is 1.24 bits per heavy atom. The summed E-state index contributed by atoms with van der Waals surface area (Å²) in [6, 6.07) is 2.44. The second-order valence-corrected chi connectivity index (χ2v) is 15.2. The molecule has 0 aromatic carbocycles. The lowest BCUT2D eigenvalue weighted by Crippen LogP contribution is -2.47. The van der Waals surface area contributed by atoms with Crippen LogP contribution in [0.2, 0.25) is 18.1 Å². The Hall–Kier alpha value is -2.92. The Morgan fingerprint density at radius 2 is 1.92 bits per heavy atom. The van der Waals surface area contributed by atoms with Crippen LogP contribution in [0.5, 0.6) is 0 Å². The Labute approximate surface area is 218 Å². The zero-order chi connectivity index (χ0) is 28.5. The molecule has 9 nitrogen and oxygen atoms in total. The molecule has 38 heavy (non-hydrogen) atoms. The summed E-state index contributed by atoms with van der Waals surface area (Å²) in [4.78, 5) is 38.7. The Balaban J connectivity index is 2.04. The van der Waals surface area contributed by atoms with Gasteiger partial charge in [0.05, 0.1) is 19.0 Å². The maximum atomic E-state index is 13.8. The lowest BCUT2D eigenvalue weighted by Gasteiger charge is -2.37. The number of aromatic nitrogens is 2. The van der Waals surface area contributed by atoms with Gasteiger partial charge in [-0.15, -0.1) is 5.92 Å². The fraction of sp³-hybridized carbons (Fsp3) is 0.560.